The highest BCUT2D eigenvalue weighted by Gasteiger charge is 2.15. The topological polar surface area (TPSA) is 17.1 Å². The van der Waals surface area contributed by atoms with Crippen molar-refractivity contribution in [1.29, 1.82) is 0 Å². The second kappa shape index (κ2) is 5.81. The van der Waals surface area contributed by atoms with Crippen molar-refractivity contribution in [1.82, 2.24) is 0 Å². The number of halogens is 1. The Morgan fingerprint density at radius 3 is 1.82 bits per heavy atom. The van der Waals surface area contributed by atoms with Crippen LogP contribution in [0.25, 0.3) is 0 Å². The molecule has 1 aromatic carbocycles. The second-order valence-electron chi connectivity index (χ2n) is 5.15. The number of benzene rings is 1. The van der Waals surface area contributed by atoms with E-state index in [0.29, 0.717) is 17.2 Å². The quantitative estimate of drug-likeness (QED) is 0.575. The standard InChI is InChI=1S/C15H21BrO/c1-9(2)13-6-12(15(17)8-16)7-14(10(3)4)11(13)5/h6-7,9-10H,8H2,1-5H3. The number of rotatable bonds is 4. The van der Waals surface area contributed by atoms with Crippen molar-refractivity contribution < 1.29 is 4.79 Å². The summed E-state index contributed by atoms with van der Waals surface area (Å²) in [5, 5.41) is 0.394. The van der Waals surface area contributed by atoms with E-state index < -0.39 is 0 Å². The summed E-state index contributed by atoms with van der Waals surface area (Å²) in [6.45, 7) is 10.9. The smallest absolute Gasteiger partial charge is 0.173 e. The molecule has 0 unspecified atom stereocenters. The summed E-state index contributed by atoms with van der Waals surface area (Å²) in [6.07, 6.45) is 0. The second-order valence-corrected chi connectivity index (χ2v) is 5.71. The Morgan fingerprint density at radius 1 is 1.12 bits per heavy atom. The van der Waals surface area contributed by atoms with E-state index in [4.69, 9.17) is 0 Å². The molecule has 0 amide bonds. The monoisotopic (exact) mass is 296 g/mol. The lowest BCUT2D eigenvalue weighted by Crippen LogP contribution is -2.07. The summed E-state index contributed by atoms with van der Waals surface area (Å²) in [4.78, 5) is 11.8. The Balaban J connectivity index is 3.42. The van der Waals surface area contributed by atoms with Crippen LogP contribution in [0, 0.1) is 6.92 Å². The minimum absolute atomic E-state index is 0.161. The molecule has 17 heavy (non-hydrogen) atoms. The molecule has 1 rings (SSSR count). The highest BCUT2D eigenvalue weighted by Crippen LogP contribution is 2.29. The molecule has 0 heterocycles. The third kappa shape index (κ3) is 3.19. The highest BCUT2D eigenvalue weighted by molar-refractivity contribution is 9.09. The van der Waals surface area contributed by atoms with Gasteiger partial charge in [0.15, 0.2) is 5.78 Å². The van der Waals surface area contributed by atoms with Crippen molar-refractivity contribution in [3.05, 3.63) is 34.4 Å². The first-order valence-corrected chi connectivity index (χ1v) is 7.24. The number of carbonyl (C=O) groups excluding carboxylic acids is 1. The van der Waals surface area contributed by atoms with E-state index in [-0.39, 0.29) is 5.78 Å². The van der Waals surface area contributed by atoms with Crippen molar-refractivity contribution in [3.63, 3.8) is 0 Å². The van der Waals surface area contributed by atoms with Crippen LogP contribution in [-0.2, 0) is 0 Å². The van der Waals surface area contributed by atoms with Gasteiger partial charge in [-0.15, -0.1) is 0 Å². The number of hydrogen-bond donors (Lipinski definition) is 0. The molecule has 0 aliphatic rings. The van der Waals surface area contributed by atoms with Crippen LogP contribution in [0.15, 0.2) is 12.1 Å². The van der Waals surface area contributed by atoms with Crippen LogP contribution in [-0.4, -0.2) is 11.1 Å². The predicted molar refractivity (Wildman–Crippen MR) is 77.5 cm³/mol. The number of carbonyl (C=O) groups is 1. The molecule has 2 heteroatoms. The summed E-state index contributed by atoms with van der Waals surface area (Å²) < 4.78 is 0. The van der Waals surface area contributed by atoms with Crippen LogP contribution in [0.4, 0.5) is 0 Å². The molecule has 0 aliphatic carbocycles. The van der Waals surface area contributed by atoms with Crippen molar-refractivity contribution in [2.24, 2.45) is 0 Å². The minimum Gasteiger partial charge on any atom is -0.293 e. The summed E-state index contributed by atoms with van der Waals surface area (Å²) >= 11 is 3.24. The molecule has 0 atom stereocenters. The first-order valence-electron chi connectivity index (χ1n) is 6.12. The Hall–Kier alpha value is -0.630. The maximum Gasteiger partial charge on any atom is 0.173 e. The molecule has 0 aromatic heterocycles. The number of ketones is 1. The van der Waals surface area contributed by atoms with Crippen LogP contribution in [0.3, 0.4) is 0 Å². The van der Waals surface area contributed by atoms with E-state index in [1.165, 1.54) is 16.7 Å². The molecule has 0 aliphatic heterocycles. The van der Waals surface area contributed by atoms with E-state index in [9.17, 15) is 4.79 Å². The van der Waals surface area contributed by atoms with Crippen molar-refractivity contribution in [2.75, 3.05) is 5.33 Å². The normalized spacial score (nSPS) is 11.3. The van der Waals surface area contributed by atoms with Gasteiger partial charge in [-0.3, -0.25) is 4.79 Å². The first-order chi connectivity index (χ1) is 7.88. The molecule has 1 nitrogen and oxygen atoms in total. The van der Waals surface area contributed by atoms with E-state index in [1.54, 1.807) is 0 Å². The lowest BCUT2D eigenvalue weighted by molar-refractivity contribution is 0.102. The minimum atomic E-state index is 0.161. The molecule has 1 aromatic rings. The Morgan fingerprint density at radius 2 is 1.53 bits per heavy atom. The number of hydrogen-bond acceptors (Lipinski definition) is 1. The van der Waals surface area contributed by atoms with Gasteiger partial charge in [-0.25, -0.2) is 0 Å². The van der Waals surface area contributed by atoms with Gasteiger partial charge >= 0.3 is 0 Å². The molecular weight excluding hydrogens is 276 g/mol. The van der Waals surface area contributed by atoms with Crippen LogP contribution in [0.2, 0.25) is 0 Å². The highest BCUT2D eigenvalue weighted by atomic mass is 79.9. The van der Waals surface area contributed by atoms with Gasteiger partial charge in [0.1, 0.15) is 0 Å². The summed E-state index contributed by atoms with van der Waals surface area (Å²) in [7, 11) is 0. The predicted octanol–water partition coefficient (Wildman–Crippen LogP) is 4.82. The fourth-order valence-corrected chi connectivity index (χ4v) is 2.52. The van der Waals surface area contributed by atoms with E-state index in [0.717, 1.165) is 5.56 Å². The van der Waals surface area contributed by atoms with Crippen molar-refractivity contribution in [3.8, 4) is 0 Å². The molecule has 94 valence electrons. The summed E-state index contributed by atoms with van der Waals surface area (Å²) in [6, 6.07) is 4.10. The zero-order valence-corrected chi connectivity index (χ0v) is 12.9. The Labute approximate surface area is 113 Å². The van der Waals surface area contributed by atoms with E-state index in [1.807, 2.05) is 0 Å². The average molecular weight is 297 g/mol. The SMILES string of the molecule is Cc1c(C(C)C)cc(C(=O)CBr)cc1C(C)C. The van der Waals surface area contributed by atoms with Gasteiger partial charge in [0, 0.05) is 5.56 Å². The zero-order chi connectivity index (χ0) is 13.2. The molecule has 0 fully saturated rings. The van der Waals surface area contributed by atoms with Gasteiger partial charge in [-0.05, 0) is 47.6 Å². The van der Waals surface area contributed by atoms with Crippen LogP contribution in [0.1, 0.15) is 66.6 Å². The first kappa shape index (κ1) is 14.4. The summed E-state index contributed by atoms with van der Waals surface area (Å²) in [5.41, 5.74) is 4.75. The van der Waals surface area contributed by atoms with Gasteiger partial charge in [0.25, 0.3) is 0 Å². The molecule has 0 radical (unpaired) electrons. The van der Waals surface area contributed by atoms with E-state index in [2.05, 4.69) is 62.7 Å². The van der Waals surface area contributed by atoms with Crippen molar-refractivity contribution >= 4 is 21.7 Å². The van der Waals surface area contributed by atoms with Gasteiger partial charge in [-0.1, -0.05) is 43.6 Å². The number of alkyl halides is 1. The average Bonchev–Trinajstić information content (AvgIpc) is 2.27. The molecule has 0 saturated carbocycles. The largest absolute Gasteiger partial charge is 0.293 e. The fourth-order valence-electron chi connectivity index (χ4n) is 2.20. The van der Waals surface area contributed by atoms with Crippen molar-refractivity contribution in [2.45, 2.75) is 46.5 Å². The molecule has 0 spiro atoms. The Kier molecular flexibility index (Phi) is 4.93. The maximum absolute atomic E-state index is 11.8. The third-order valence-electron chi connectivity index (χ3n) is 3.18. The van der Waals surface area contributed by atoms with Crippen LogP contribution >= 0.6 is 15.9 Å². The molecular formula is C15H21BrO. The summed E-state index contributed by atoms with van der Waals surface area (Å²) in [5.74, 6) is 1.07. The maximum atomic E-state index is 11.8. The lowest BCUT2D eigenvalue weighted by atomic mass is 9.87. The third-order valence-corrected chi connectivity index (χ3v) is 3.68. The van der Waals surface area contributed by atoms with Crippen LogP contribution < -0.4 is 0 Å². The fraction of sp³-hybridized carbons (Fsp3) is 0.533. The van der Waals surface area contributed by atoms with Gasteiger partial charge in [0.2, 0.25) is 0 Å². The van der Waals surface area contributed by atoms with Gasteiger partial charge in [0.05, 0.1) is 5.33 Å². The van der Waals surface area contributed by atoms with Crippen LogP contribution in [0.5, 0.6) is 0 Å². The number of Topliss-reactive ketones (excluding diaryl/α,β-unsaturated/α-hetero) is 1. The Bertz CT molecular complexity index is 390. The van der Waals surface area contributed by atoms with E-state index >= 15 is 0 Å². The van der Waals surface area contributed by atoms with Gasteiger partial charge in [-0.2, -0.15) is 0 Å². The molecule has 0 bridgehead atoms. The van der Waals surface area contributed by atoms with Gasteiger partial charge < -0.3 is 0 Å². The lowest BCUT2D eigenvalue weighted by Gasteiger charge is -2.18. The zero-order valence-electron chi connectivity index (χ0n) is 11.3. The molecule has 0 saturated heterocycles. The molecule has 0 N–H and O–H groups in total.